The maximum atomic E-state index is 12.6. The highest BCUT2D eigenvalue weighted by molar-refractivity contribution is 5.96. The molecule has 1 aromatic carbocycles. The summed E-state index contributed by atoms with van der Waals surface area (Å²) >= 11 is 0. The van der Waals surface area contributed by atoms with E-state index < -0.39 is 0 Å². The smallest absolute Gasteiger partial charge is 0.289 e. The van der Waals surface area contributed by atoms with Crippen molar-refractivity contribution in [3.05, 3.63) is 36.1 Å². The molecule has 1 N–H and O–H groups in total. The summed E-state index contributed by atoms with van der Waals surface area (Å²) in [5.74, 6) is 0.343. The van der Waals surface area contributed by atoms with Gasteiger partial charge in [-0.25, -0.2) is 0 Å². The summed E-state index contributed by atoms with van der Waals surface area (Å²) in [5, 5.41) is 10.1. The number of fused-ring (bicyclic) bond motifs is 1. The highest BCUT2D eigenvalue weighted by Gasteiger charge is 2.28. The van der Waals surface area contributed by atoms with E-state index >= 15 is 0 Å². The number of aliphatic hydroxyl groups excluding tert-OH is 1. The topological polar surface area (TPSA) is 53.7 Å². The maximum absolute atomic E-state index is 12.6. The lowest BCUT2D eigenvalue weighted by molar-refractivity contribution is 0.0545. The Morgan fingerprint density at radius 1 is 1.35 bits per heavy atom. The van der Waals surface area contributed by atoms with Crippen LogP contribution in [0.1, 0.15) is 36.2 Å². The van der Waals surface area contributed by atoms with E-state index in [-0.39, 0.29) is 18.6 Å². The normalized spacial score (nSPS) is 19.4. The second kappa shape index (κ2) is 5.67. The van der Waals surface area contributed by atoms with Gasteiger partial charge in [-0.3, -0.25) is 4.79 Å². The van der Waals surface area contributed by atoms with Gasteiger partial charge >= 0.3 is 0 Å². The first-order chi connectivity index (χ1) is 9.79. The van der Waals surface area contributed by atoms with E-state index in [9.17, 15) is 4.79 Å². The SMILES string of the molecule is O=C(c1cc2ccccc2o1)N1CCCC[C@@H]1CCO. The Hall–Kier alpha value is -1.81. The number of benzene rings is 1. The molecule has 1 aromatic heterocycles. The summed E-state index contributed by atoms with van der Waals surface area (Å²) in [6, 6.07) is 9.58. The third-order valence-electron chi connectivity index (χ3n) is 3.99. The standard InChI is InChI=1S/C16H19NO3/c18-10-8-13-6-3-4-9-17(13)16(19)15-11-12-5-1-2-7-14(12)20-15/h1-2,5,7,11,13,18H,3-4,6,8-10H2/t13-/m1/s1. The highest BCUT2D eigenvalue weighted by atomic mass is 16.3. The van der Waals surface area contributed by atoms with Crippen molar-refractivity contribution in [3.8, 4) is 0 Å². The molecule has 0 aliphatic carbocycles. The highest BCUT2D eigenvalue weighted by Crippen LogP contribution is 2.25. The van der Waals surface area contributed by atoms with Gasteiger partial charge in [0.05, 0.1) is 0 Å². The van der Waals surface area contributed by atoms with Gasteiger partial charge in [0.15, 0.2) is 5.76 Å². The van der Waals surface area contributed by atoms with Gasteiger partial charge in [-0.15, -0.1) is 0 Å². The van der Waals surface area contributed by atoms with Gasteiger partial charge in [0, 0.05) is 24.6 Å². The minimum Gasteiger partial charge on any atom is -0.451 e. The van der Waals surface area contributed by atoms with Crippen molar-refractivity contribution in [1.29, 1.82) is 0 Å². The van der Waals surface area contributed by atoms with Crippen LogP contribution in [-0.4, -0.2) is 35.1 Å². The van der Waals surface area contributed by atoms with Crippen LogP contribution in [-0.2, 0) is 0 Å². The molecule has 4 heteroatoms. The molecule has 1 aliphatic rings. The van der Waals surface area contributed by atoms with Crippen LogP contribution in [0.4, 0.5) is 0 Å². The number of piperidine rings is 1. The minimum atomic E-state index is -0.0562. The van der Waals surface area contributed by atoms with Crippen LogP contribution in [0.3, 0.4) is 0 Å². The average Bonchev–Trinajstić information content (AvgIpc) is 2.91. The van der Waals surface area contributed by atoms with E-state index in [1.165, 1.54) is 0 Å². The van der Waals surface area contributed by atoms with Gasteiger partial charge in [-0.05, 0) is 37.8 Å². The molecule has 1 atom stereocenters. The van der Waals surface area contributed by atoms with Crippen LogP contribution in [0.15, 0.2) is 34.7 Å². The number of nitrogens with zero attached hydrogens (tertiary/aromatic N) is 1. The summed E-state index contributed by atoms with van der Waals surface area (Å²) in [5.41, 5.74) is 0.742. The van der Waals surface area contributed by atoms with E-state index in [2.05, 4.69) is 0 Å². The molecule has 4 nitrogen and oxygen atoms in total. The van der Waals surface area contributed by atoms with Crippen LogP contribution in [0, 0.1) is 0 Å². The first-order valence-electron chi connectivity index (χ1n) is 7.20. The van der Waals surface area contributed by atoms with Crippen LogP contribution in [0.5, 0.6) is 0 Å². The third-order valence-corrected chi connectivity index (χ3v) is 3.99. The molecule has 2 heterocycles. The van der Waals surface area contributed by atoms with E-state index in [0.717, 1.165) is 36.8 Å². The monoisotopic (exact) mass is 273 g/mol. The Labute approximate surface area is 118 Å². The van der Waals surface area contributed by atoms with Gasteiger partial charge in [0.2, 0.25) is 0 Å². The molecule has 0 bridgehead atoms. The summed E-state index contributed by atoms with van der Waals surface area (Å²) in [4.78, 5) is 14.5. The van der Waals surface area contributed by atoms with Crippen LogP contribution < -0.4 is 0 Å². The fraction of sp³-hybridized carbons (Fsp3) is 0.438. The predicted octanol–water partition coefficient (Wildman–Crippen LogP) is 2.81. The number of para-hydroxylation sites is 1. The minimum absolute atomic E-state index is 0.0562. The van der Waals surface area contributed by atoms with E-state index in [0.29, 0.717) is 12.2 Å². The Bertz CT molecular complexity index is 570. The quantitative estimate of drug-likeness (QED) is 0.935. The molecule has 1 aliphatic heterocycles. The molecule has 0 spiro atoms. The number of rotatable bonds is 3. The zero-order chi connectivity index (χ0) is 13.9. The Balaban J connectivity index is 1.86. The fourth-order valence-corrected chi connectivity index (χ4v) is 2.95. The van der Waals surface area contributed by atoms with Gasteiger partial charge in [0.1, 0.15) is 5.58 Å². The van der Waals surface area contributed by atoms with Crippen molar-refractivity contribution in [3.63, 3.8) is 0 Å². The van der Waals surface area contributed by atoms with Crippen molar-refractivity contribution in [2.45, 2.75) is 31.7 Å². The van der Waals surface area contributed by atoms with E-state index in [1.807, 2.05) is 35.2 Å². The van der Waals surface area contributed by atoms with Crippen LogP contribution in [0.25, 0.3) is 11.0 Å². The number of carbonyl (C=O) groups is 1. The molecule has 1 amide bonds. The molecule has 1 saturated heterocycles. The van der Waals surface area contributed by atoms with Crippen molar-refractivity contribution in [2.24, 2.45) is 0 Å². The Morgan fingerprint density at radius 3 is 3.00 bits per heavy atom. The molecule has 0 unspecified atom stereocenters. The molecular weight excluding hydrogens is 254 g/mol. The van der Waals surface area contributed by atoms with E-state index in [1.54, 1.807) is 0 Å². The molecule has 106 valence electrons. The van der Waals surface area contributed by atoms with E-state index in [4.69, 9.17) is 9.52 Å². The predicted molar refractivity (Wildman–Crippen MR) is 76.6 cm³/mol. The Kier molecular flexibility index (Phi) is 3.74. The fourth-order valence-electron chi connectivity index (χ4n) is 2.95. The molecule has 2 aromatic rings. The Morgan fingerprint density at radius 2 is 2.20 bits per heavy atom. The lowest BCUT2D eigenvalue weighted by Crippen LogP contribution is -2.44. The van der Waals surface area contributed by atoms with Gasteiger partial charge in [-0.2, -0.15) is 0 Å². The van der Waals surface area contributed by atoms with Gasteiger partial charge < -0.3 is 14.4 Å². The molecule has 0 radical (unpaired) electrons. The number of amides is 1. The molecular formula is C16H19NO3. The number of hydrogen-bond donors (Lipinski definition) is 1. The molecule has 20 heavy (non-hydrogen) atoms. The number of likely N-dealkylation sites (tertiary alicyclic amines) is 1. The third kappa shape index (κ3) is 2.43. The zero-order valence-electron chi connectivity index (χ0n) is 11.4. The van der Waals surface area contributed by atoms with Crippen LogP contribution >= 0.6 is 0 Å². The first kappa shape index (κ1) is 13.2. The van der Waals surface area contributed by atoms with Gasteiger partial charge in [0.25, 0.3) is 5.91 Å². The van der Waals surface area contributed by atoms with Crippen molar-refractivity contribution >= 4 is 16.9 Å². The number of hydrogen-bond acceptors (Lipinski definition) is 3. The summed E-state index contributed by atoms with van der Waals surface area (Å²) < 4.78 is 5.66. The number of carbonyl (C=O) groups excluding carboxylic acids is 1. The van der Waals surface area contributed by atoms with Crippen molar-refractivity contribution in [1.82, 2.24) is 4.90 Å². The summed E-state index contributed by atoms with van der Waals surface area (Å²) in [6.45, 7) is 0.870. The molecule has 3 rings (SSSR count). The number of furan rings is 1. The largest absolute Gasteiger partial charge is 0.451 e. The lowest BCUT2D eigenvalue weighted by atomic mass is 9.99. The average molecular weight is 273 g/mol. The first-order valence-corrected chi connectivity index (χ1v) is 7.20. The molecule has 0 saturated carbocycles. The zero-order valence-corrected chi connectivity index (χ0v) is 11.4. The lowest BCUT2D eigenvalue weighted by Gasteiger charge is -2.34. The van der Waals surface area contributed by atoms with Gasteiger partial charge in [-0.1, -0.05) is 18.2 Å². The van der Waals surface area contributed by atoms with Crippen LogP contribution in [0.2, 0.25) is 0 Å². The number of aliphatic hydroxyl groups is 1. The van der Waals surface area contributed by atoms with Crippen molar-refractivity contribution < 1.29 is 14.3 Å². The second-order valence-corrected chi connectivity index (χ2v) is 5.31. The summed E-state index contributed by atoms with van der Waals surface area (Å²) in [7, 11) is 0. The maximum Gasteiger partial charge on any atom is 0.289 e. The second-order valence-electron chi connectivity index (χ2n) is 5.31. The van der Waals surface area contributed by atoms with Crippen molar-refractivity contribution in [2.75, 3.05) is 13.2 Å². The molecule has 1 fully saturated rings. The summed E-state index contributed by atoms with van der Waals surface area (Å²) in [6.07, 6.45) is 3.75.